The molecule has 0 unspecified atom stereocenters. The van der Waals surface area contributed by atoms with Crippen LogP contribution in [-0.2, 0) is 9.59 Å². The molecule has 3 amide bonds. The number of nitrogens with one attached hydrogen (secondary N) is 3. The number of benzene rings is 3. The summed E-state index contributed by atoms with van der Waals surface area (Å²) in [7, 11) is 0. The van der Waals surface area contributed by atoms with Crippen molar-refractivity contribution in [1.82, 2.24) is 10.6 Å². The summed E-state index contributed by atoms with van der Waals surface area (Å²) in [5.74, 6) is -2.17. The van der Waals surface area contributed by atoms with Gasteiger partial charge in [0.15, 0.2) is 6.61 Å². The molecule has 0 saturated carbocycles. The van der Waals surface area contributed by atoms with Crippen LogP contribution in [0.4, 0.5) is 5.69 Å². The van der Waals surface area contributed by atoms with E-state index < -0.39 is 24.3 Å². The highest BCUT2D eigenvalue weighted by molar-refractivity contribution is 6.09. The van der Waals surface area contributed by atoms with E-state index in [4.69, 9.17) is 9.84 Å². The second-order valence-corrected chi connectivity index (χ2v) is 7.81. The summed E-state index contributed by atoms with van der Waals surface area (Å²) in [5.41, 5.74) is 0.931. The van der Waals surface area contributed by atoms with Gasteiger partial charge in [0.1, 0.15) is 12.3 Å². The van der Waals surface area contributed by atoms with E-state index in [0.717, 1.165) is 10.8 Å². The molecule has 0 aliphatic rings. The van der Waals surface area contributed by atoms with E-state index in [0.29, 0.717) is 5.69 Å². The van der Waals surface area contributed by atoms with E-state index in [1.807, 2.05) is 38.1 Å². The fourth-order valence-corrected chi connectivity index (χ4v) is 3.18. The van der Waals surface area contributed by atoms with Crippen molar-refractivity contribution in [1.29, 1.82) is 0 Å². The Morgan fingerprint density at radius 2 is 1.56 bits per heavy atom. The Kier molecular flexibility index (Phi) is 7.81. The van der Waals surface area contributed by atoms with Crippen LogP contribution >= 0.6 is 0 Å². The van der Waals surface area contributed by atoms with Crippen molar-refractivity contribution >= 4 is 40.2 Å². The van der Waals surface area contributed by atoms with Crippen LogP contribution in [0.1, 0.15) is 34.6 Å². The molecule has 9 nitrogen and oxygen atoms in total. The zero-order chi connectivity index (χ0) is 24.7. The molecule has 0 bridgehead atoms. The summed E-state index contributed by atoms with van der Waals surface area (Å²) in [5, 5.41) is 18.1. The van der Waals surface area contributed by atoms with Crippen molar-refractivity contribution < 1.29 is 29.0 Å². The molecule has 0 spiro atoms. The predicted molar refractivity (Wildman–Crippen MR) is 127 cm³/mol. The highest BCUT2D eigenvalue weighted by Gasteiger charge is 2.16. The number of ether oxygens (including phenoxy) is 1. The number of rotatable bonds is 9. The lowest BCUT2D eigenvalue weighted by Crippen LogP contribution is -2.34. The largest absolute Gasteiger partial charge is 0.483 e. The number of aliphatic carboxylic acids is 1. The first-order valence-electron chi connectivity index (χ1n) is 10.6. The number of fused-ring (bicyclic) bond motifs is 1. The Morgan fingerprint density at radius 3 is 2.18 bits per heavy atom. The Labute approximate surface area is 196 Å². The van der Waals surface area contributed by atoms with E-state index in [1.54, 1.807) is 12.1 Å². The van der Waals surface area contributed by atoms with Gasteiger partial charge in [-0.3, -0.25) is 19.2 Å². The quantitative estimate of drug-likeness (QED) is 0.386. The van der Waals surface area contributed by atoms with Gasteiger partial charge in [0.05, 0.1) is 5.56 Å². The lowest BCUT2D eigenvalue weighted by Gasteiger charge is -2.14. The maximum atomic E-state index is 13.1. The van der Waals surface area contributed by atoms with Gasteiger partial charge in [0.25, 0.3) is 17.7 Å². The normalized spacial score (nSPS) is 10.6. The summed E-state index contributed by atoms with van der Waals surface area (Å²) in [4.78, 5) is 47.6. The average Bonchev–Trinajstić information content (AvgIpc) is 2.80. The van der Waals surface area contributed by atoms with Gasteiger partial charge in [-0.2, -0.15) is 0 Å². The van der Waals surface area contributed by atoms with Crippen molar-refractivity contribution in [3.63, 3.8) is 0 Å². The van der Waals surface area contributed by atoms with Gasteiger partial charge in [-0.25, -0.2) is 0 Å². The first-order valence-corrected chi connectivity index (χ1v) is 10.6. The SMILES string of the molecule is CC(C)NC(=O)COc1cc2ccccc2cc1C(=O)Nc1ccc(C(=O)NCC(=O)O)cc1. The van der Waals surface area contributed by atoms with Crippen molar-refractivity contribution in [3.8, 4) is 5.75 Å². The number of anilines is 1. The summed E-state index contributed by atoms with van der Waals surface area (Å²) < 4.78 is 5.69. The molecule has 0 radical (unpaired) electrons. The molecule has 0 aliphatic heterocycles. The third-order valence-electron chi connectivity index (χ3n) is 4.71. The topological polar surface area (TPSA) is 134 Å². The van der Waals surface area contributed by atoms with E-state index in [-0.39, 0.29) is 35.4 Å². The Balaban J connectivity index is 1.78. The van der Waals surface area contributed by atoms with Crippen molar-refractivity contribution in [3.05, 3.63) is 71.8 Å². The molecule has 3 rings (SSSR count). The molecule has 0 heterocycles. The van der Waals surface area contributed by atoms with Crippen LogP contribution in [0, 0.1) is 0 Å². The Bertz CT molecular complexity index is 1220. The highest BCUT2D eigenvalue weighted by atomic mass is 16.5. The van der Waals surface area contributed by atoms with E-state index in [1.165, 1.54) is 24.3 Å². The molecule has 3 aromatic carbocycles. The minimum absolute atomic E-state index is 0.0374. The molecular formula is C25H25N3O6. The number of hydrogen-bond donors (Lipinski definition) is 4. The number of carbonyl (C=O) groups is 4. The molecule has 0 aromatic heterocycles. The highest BCUT2D eigenvalue weighted by Crippen LogP contribution is 2.27. The smallest absolute Gasteiger partial charge is 0.322 e. The minimum atomic E-state index is -1.15. The van der Waals surface area contributed by atoms with E-state index in [2.05, 4.69) is 16.0 Å². The molecule has 9 heteroatoms. The van der Waals surface area contributed by atoms with Crippen LogP contribution in [0.2, 0.25) is 0 Å². The van der Waals surface area contributed by atoms with Gasteiger partial charge < -0.3 is 25.8 Å². The average molecular weight is 463 g/mol. The van der Waals surface area contributed by atoms with Crippen molar-refractivity contribution in [2.75, 3.05) is 18.5 Å². The standard InChI is InChI=1S/C25H25N3O6/c1-15(2)27-22(29)14-34-21-12-18-6-4-3-5-17(18)11-20(21)25(33)28-19-9-7-16(8-10-19)24(32)26-13-23(30)31/h3-12,15H,13-14H2,1-2H3,(H,26,32)(H,27,29)(H,28,33)(H,30,31). The van der Waals surface area contributed by atoms with Gasteiger partial charge in [-0.15, -0.1) is 0 Å². The van der Waals surface area contributed by atoms with E-state index in [9.17, 15) is 19.2 Å². The van der Waals surface area contributed by atoms with Gasteiger partial charge in [-0.05, 0) is 61.0 Å². The summed E-state index contributed by atoms with van der Waals surface area (Å²) in [6.45, 7) is 2.95. The number of amides is 3. The van der Waals surface area contributed by atoms with Gasteiger partial charge in [0.2, 0.25) is 0 Å². The lowest BCUT2D eigenvalue weighted by atomic mass is 10.0. The fraction of sp³-hybridized carbons (Fsp3) is 0.200. The van der Waals surface area contributed by atoms with Crippen LogP contribution in [0.5, 0.6) is 5.75 Å². The molecule has 0 aliphatic carbocycles. The first-order chi connectivity index (χ1) is 16.2. The third-order valence-corrected chi connectivity index (χ3v) is 4.71. The van der Waals surface area contributed by atoms with Crippen LogP contribution in [-0.4, -0.2) is 48.0 Å². The molecule has 34 heavy (non-hydrogen) atoms. The molecule has 0 atom stereocenters. The molecule has 176 valence electrons. The lowest BCUT2D eigenvalue weighted by molar-refractivity contribution is -0.135. The summed E-state index contributed by atoms with van der Waals surface area (Å²) >= 11 is 0. The fourth-order valence-electron chi connectivity index (χ4n) is 3.18. The second-order valence-electron chi connectivity index (χ2n) is 7.81. The maximum absolute atomic E-state index is 13.1. The third kappa shape index (κ3) is 6.55. The molecule has 3 aromatic rings. The zero-order valence-corrected chi connectivity index (χ0v) is 18.8. The van der Waals surface area contributed by atoms with Gasteiger partial charge in [0, 0.05) is 17.3 Å². The number of hydrogen-bond acceptors (Lipinski definition) is 5. The predicted octanol–water partition coefficient (Wildman–Crippen LogP) is 2.81. The molecule has 4 N–H and O–H groups in total. The maximum Gasteiger partial charge on any atom is 0.322 e. The molecule has 0 fully saturated rings. The van der Waals surface area contributed by atoms with Gasteiger partial charge >= 0.3 is 5.97 Å². The molecule has 0 saturated heterocycles. The van der Waals surface area contributed by atoms with Crippen LogP contribution < -0.4 is 20.7 Å². The number of carboxylic acid groups (broad SMARTS) is 1. The van der Waals surface area contributed by atoms with Crippen LogP contribution in [0.25, 0.3) is 10.8 Å². The second kappa shape index (κ2) is 11.0. The summed E-state index contributed by atoms with van der Waals surface area (Å²) in [6.07, 6.45) is 0. The molecular weight excluding hydrogens is 438 g/mol. The van der Waals surface area contributed by atoms with Crippen molar-refractivity contribution in [2.24, 2.45) is 0 Å². The van der Waals surface area contributed by atoms with Crippen LogP contribution in [0.3, 0.4) is 0 Å². The minimum Gasteiger partial charge on any atom is -0.483 e. The number of carboxylic acids is 1. The number of carbonyl (C=O) groups excluding carboxylic acids is 3. The van der Waals surface area contributed by atoms with Gasteiger partial charge in [-0.1, -0.05) is 24.3 Å². The monoisotopic (exact) mass is 463 g/mol. The Morgan fingerprint density at radius 1 is 0.912 bits per heavy atom. The van der Waals surface area contributed by atoms with E-state index >= 15 is 0 Å². The van der Waals surface area contributed by atoms with Crippen LogP contribution in [0.15, 0.2) is 60.7 Å². The Hall–Kier alpha value is -4.40. The zero-order valence-electron chi connectivity index (χ0n) is 18.8. The summed E-state index contributed by atoms with van der Waals surface area (Å²) in [6, 6.07) is 16.8. The first kappa shape index (κ1) is 24.2. The van der Waals surface area contributed by atoms with Crippen molar-refractivity contribution in [2.45, 2.75) is 19.9 Å².